The molecule has 0 atom stereocenters. The van der Waals surface area contributed by atoms with Gasteiger partial charge in [0.25, 0.3) is 6.43 Å². The van der Waals surface area contributed by atoms with Crippen molar-refractivity contribution in [1.29, 1.82) is 0 Å². The Labute approximate surface area is 91.4 Å². The SMILES string of the molecule is CCOC(=O)c1cc(N)nc(C(F)F)c1C. The molecule has 0 radical (unpaired) electrons. The molecule has 6 heteroatoms. The van der Waals surface area contributed by atoms with E-state index in [0.717, 1.165) is 0 Å². The molecule has 0 fully saturated rings. The van der Waals surface area contributed by atoms with E-state index in [-0.39, 0.29) is 23.6 Å². The van der Waals surface area contributed by atoms with Crippen molar-refractivity contribution in [2.24, 2.45) is 0 Å². The van der Waals surface area contributed by atoms with Crippen LogP contribution in [0.1, 0.15) is 35.0 Å². The summed E-state index contributed by atoms with van der Waals surface area (Å²) in [6.45, 7) is 3.19. The smallest absolute Gasteiger partial charge is 0.338 e. The Balaban J connectivity index is 3.24. The fourth-order valence-corrected chi connectivity index (χ4v) is 1.28. The molecule has 2 N–H and O–H groups in total. The van der Waals surface area contributed by atoms with Crippen LogP contribution in [0.2, 0.25) is 0 Å². The second-order valence-electron chi connectivity index (χ2n) is 3.13. The van der Waals surface area contributed by atoms with E-state index in [9.17, 15) is 13.6 Å². The van der Waals surface area contributed by atoms with E-state index >= 15 is 0 Å². The van der Waals surface area contributed by atoms with Gasteiger partial charge in [0.05, 0.1) is 12.2 Å². The number of hydrogen-bond donors (Lipinski definition) is 1. The Kier molecular flexibility index (Phi) is 3.76. The molecule has 88 valence electrons. The number of ether oxygens (including phenoxy) is 1. The van der Waals surface area contributed by atoms with Crippen LogP contribution in [0.15, 0.2) is 6.07 Å². The zero-order valence-corrected chi connectivity index (χ0v) is 8.96. The van der Waals surface area contributed by atoms with Gasteiger partial charge in [-0.2, -0.15) is 0 Å². The first kappa shape index (κ1) is 12.4. The third kappa shape index (κ3) is 2.44. The molecule has 1 aromatic rings. The predicted octanol–water partition coefficient (Wildman–Crippen LogP) is 2.09. The van der Waals surface area contributed by atoms with Gasteiger partial charge in [0.2, 0.25) is 0 Å². The number of pyridine rings is 1. The summed E-state index contributed by atoms with van der Waals surface area (Å²) in [6.07, 6.45) is -2.77. The van der Waals surface area contributed by atoms with Crippen LogP contribution in [-0.2, 0) is 4.74 Å². The van der Waals surface area contributed by atoms with E-state index in [1.165, 1.54) is 13.0 Å². The molecule has 1 aromatic heterocycles. The molecule has 0 saturated heterocycles. The van der Waals surface area contributed by atoms with Gasteiger partial charge in [0.15, 0.2) is 0 Å². The molecular weight excluding hydrogens is 218 g/mol. The van der Waals surface area contributed by atoms with E-state index in [0.29, 0.717) is 0 Å². The lowest BCUT2D eigenvalue weighted by Crippen LogP contribution is -2.11. The van der Waals surface area contributed by atoms with Crippen molar-refractivity contribution in [2.45, 2.75) is 20.3 Å². The van der Waals surface area contributed by atoms with E-state index in [1.807, 2.05) is 0 Å². The molecule has 0 aliphatic heterocycles. The summed E-state index contributed by atoms with van der Waals surface area (Å²) in [4.78, 5) is 14.9. The maximum Gasteiger partial charge on any atom is 0.338 e. The highest BCUT2D eigenvalue weighted by atomic mass is 19.3. The molecule has 4 nitrogen and oxygen atoms in total. The van der Waals surface area contributed by atoms with Gasteiger partial charge in [0.1, 0.15) is 11.5 Å². The lowest BCUT2D eigenvalue weighted by atomic mass is 10.1. The summed E-state index contributed by atoms with van der Waals surface area (Å²) < 4.78 is 29.9. The number of carbonyl (C=O) groups excluding carboxylic acids is 1. The van der Waals surface area contributed by atoms with Crippen molar-refractivity contribution >= 4 is 11.8 Å². The first-order valence-corrected chi connectivity index (χ1v) is 4.69. The number of anilines is 1. The van der Waals surface area contributed by atoms with Crippen LogP contribution in [0.25, 0.3) is 0 Å². The number of rotatable bonds is 3. The van der Waals surface area contributed by atoms with Crippen molar-refractivity contribution < 1.29 is 18.3 Å². The zero-order chi connectivity index (χ0) is 12.3. The second-order valence-corrected chi connectivity index (χ2v) is 3.13. The van der Waals surface area contributed by atoms with Gasteiger partial charge in [0, 0.05) is 0 Å². The number of aromatic nitrogens is 1. The Morgan fingerprint density at radius 2 is 2.25 bits per heavy atom. The molecule has 0 aliphatic rings. The summed E-state index contributed by atoms with van der Waals surface area (Å²) in [5.74, 6) is -0.792. The van der Waals surface area contributed by atoms with Crippen molar-refractivity contribution in [2.75, 3.05) is 12.3 Å². The second kappa shape index (κ2) is 4.87. The average molecular weight is 230 g/mol. The monoisotopic (exact) mass is 230 g/mol. The predicted molar refractivity (Wildman–Crippen MR) is 54.3 cm³/mol. The number of halogens is 2. The fraction of sp³-hybridized carbons (Fsp3) is 0.400. The number of hydrogen-bond acceptors (Lipinski definition) is 4. The van der Waals surface area contributed by atoms with Crippen LogP contribution in [0.4, 0.5) is 14.6 Å². The zero-order valence-electron chi connectivity index (χ0n) is 8.96. The van der Waals surface area contributed by atoms with E-state index in [1.54, 1.807) is 6.92 Å². The van der Waals surface area contributed by atoms with Gasteiger partial charge in [-0.25, -0.2) is 18.6 Å². The van der Waals surface area contributed by atoms with E-state index < -0.39 is 18.1 Å². The number of alkyl halides is 2. The summed E-state index contributed by atoms with van der Waals surface area (Å²) in [7, 11) is 0. The first-order chi connectivity index (χ1) is 7.47. The lowest BCUT2D eigenvalue weighted by molar-refractivity contribution is 0.0524. The van der Waals surface area contributed by atoms with E-state index in [2.05, 4.69) is 4.98 Å². The molecular formula is C10H12F2N2O2. The molecule has 16 heavy (non-hydrogen) atoms. The Hall–Kier alpha value is -1.72. The highest BCUT2D eigenvalue weighted by Crippen LogP contribution is 2.25. The van der Waals surface area contributed by atoms with Gasteiger partial charge < -0.3 is 10.5 Å². The number of nitrogen functional groups attached to an aromatic ring is 1. The molecule has 1 rings (SSSR count). The molecule has 0 saturated carbocycles. The van der Waals surface area contributed by atoms with Crippen LogP contribution in [-0.4, -0.2) is 17.6 Å². The molecule has 0 unspecified atom stereocenters. The minimum atomic E-state index is -2.77. The summed E-state index contributed by atoms with van der Waals surface area (Å²) in [5, 5.41) is 0. The number of esters is 1. The van der Waals surface area contributed by atoms with Crippen molar-refractivity contribution in [1.82, 2.24) is 4.98 Å². The average Bonchev–Trinajstić information content (AvgIpc) is 2.20. The quantitative estimate of drug-likeness (QED) is 0.807. The van der Waals surface area contributed by atoms with Crippen molar-refractivity contribution in [3.63, 3.8) is 0 Å². The molecule has 0 aliphatic carbocycles. The third-order valence-corrected chi connectivity index (χ3v) is 2.03. The number of nitrogens with zero attached hydrogens (tertiary/aromatic N) is 1. The van der Waals surface area contributed by atoms with Crippen molar-refractivity contribution in [3.05, 3.63) is 22.9 Å². The summed E-state index contributed by atoms with van der Waals surface area (Å²) in [5.41, 5.74) is 5.00. The Morgan fingerprint density at radius 3 is 2.75 bits per heavy atom. The first-order valence-electron chi connectivity index (χ1n) is 4.69. The number of carbonyl (C=O) groups is 1. The van der Waals surface area contributed by atoms with Gasteiger partial charge in [-0.15, -0.1) is 0 Å². The van der Waals surface area contributed by atoms with Gasteiger partial charge in [-0.3, -0.25) is 0 Å². The molecule has 0 bridgehead atoms. The van der Waals surface area contributed by atoms with Gasteiger partial charge in [-0.05, 0) is 25.5 Å². The number of nitrogens with two attached hydrogens (primary N) is 1. The van der Waals surface area contributed by atoms with E-state index in [4.69, 9.17) is 10.5 Å². The topological polar surface area (TPSA) is 65.2 Å². The van der Waals surface area contributed by atoms with Crippen LogP contribution < -0.4 is 5.73 Å². The summed E-state index contributed by atoms with van der Waals surface area (Å²) in [6, 6.07) is 1.24. The summed E-state index contributed by atoms with van der Waals surface area (Å²) >= 11 is 0. The largest absolute Gasteiger partial charge is 0.462 e. The molecule has 0 amide bonds. The minimum absolute atomic E-state index is 0.0321. The maximum absolute atomic E-state index is 12.6. The fourth-order valence-electron chi connectivity index (χ4n) is 1.28. The standard InChI is InChI=1S/C10H12F2N2O2/c1-3-16-10(15)6-4-7(13)14-8(5(6)2)9(11)12/h4,9H,3H2,1-2H3,(H2,13,14). The van der Waals surface area contributed by atoms with Gasteiger partial charge >= 0.3 is 5.97 Å². The van der Waals surface area contributed by atoms with Gasteiger partial charge in [-0.1, -0.05) is 0 Å². The maximum atomic E-state index is 12.6. The highest BCUT2D eigenvalue weighted by molar-refractivity contribution is 5.92. The van der Waals surface area contributed by atoms with Crippen LogP contribution in [0, 0.1) is 6.92 Å². The van der Waals surface area contributed by atoms with Crippen molar-refractivity contribution in [3.8, 4) is 0 Å². The molecule has 1 heterocycles. The molecule has 0 aromatic carbocycles. The lowest BCUT2D eigenvalue weighted by Gasteiger charge is -2.10. The van der Waals surface area contributed by atoms with Crippen LogP contribution >= 0.6 is 0 Å². The Bertz CT molecular complexity index is 408. The normalized spacial score (nSPS) is 10.6. The van der Waals surface area contributed by atoms with Crippen LogP contribution in [0.3, 0.4) is 0 Å². The van der Waals surface area contributed by atoms with Crippen LogP contribution in [0.5, 0.6) is 0 Å². The minimum Gasteiger partial charge on any atom is -0.462 e. The Morgan fingerprint density at radius 1 is 1.62 bits per heavy atom. The highest BCUT2D eigenvalue weighted by Gasteiger charge is 2.20. The molecule has 0 spiro atoms. The third-order valence-electron chi connectivity index (χ3n) is 2.03.